The minimum Gasteiger partial charge on any atom is -0.481 e. The van der Waals surface area contributed by atoms with Crippen LogP contribution in [0.1, 0.15) is 26.7 Å². The molecule has 0 aromatic carbocycles. The lowest BCUT2D eigenvalue weighted by Gasteiger charge is -2.31. The van der Waals surface area contributed by atoms with E-state index >= 15 is 0 Å². The SMILES string of the molecule is CC(C)CN1C[C@H](C(=O)O)CCC1=O. The number of amides is 1. The first kappa shape index (κ1) is 11.0. The summed E-state index contributed by atoms with van der Waals surface area (Å²) in [5.41, 5.74) is 0. The first-order chi connectivity index (χ1) is 6.50. The smallest absolute Gasteiger partial charge is 0.308 e. The molecule has 14 heavy (non-hydrogen) atoms. The summed E-state index contributed by atoms with van der Waals surface area (Å²) in [5.74, 6) is -0.666. The molecule has 1 N–H and O–H groups in total. The topological polar surface area (TPSA) is 57.6 Å². The standard InChI is InChI=1S/C10H17NO3/c1-7(2)5-11-6-8(10(13)14)3-4-9(11)12/h7-8H,3-6H2,1-2H3,(H,13,14)/t8-/m1/s1. The average molecular weight is 199 g/mol. The largest absolute Gasteiger partial charge is 0.481 e. The van der Waals surface area contributed by atoms with Crippen LogP contribution in [0.25, 0.3) is 0 Å². The normalized spacial score (nSPS) is 22.9. The number of carboxylic acids is 1. The molecule has 4 nitrogen and oxygen atoms in total. The second-order valence-corrected chi connectivity index (χ2v) is 4.27. The molecule has 0 unspecified atom stereocenters. The van der Waals surface area contributed by atoms with E-state index in [1.165, 1.54) is 0 Å². The zero-order chi connectivity index (χ0) is 10.7. The second kappa shape index (κ2) is 4.44. The third kappa shape index (κ3) is 2.72. The molecular weight excluding hydrogens is 182 g/mol. The molecule has 1 fully saturated rings. The summed E-state index contributed by atoms with van der Waals surface area (Å²) in [6.45, 7) is 5.10. The summed E-state index contributed by atoms with van der Waals surface area (Å²) in [4.78, 5) is 23.9. The van der Waals surface area contributed by atoms with Crippen molar-refractivity contribution >= 4 is 11.9 Å². The van der Waals surface area contributed by atoms with E-state index in [0.717, 1.165) is 0 Å². The van der Waals surface area contributed by atoms with Gasteiger partial charge in [-0.1, -0.05) is 13.8 Å². The lowest BCUT2D eigenvalue weighted by atomic mass is 9.97. The van der Waals surface area contributed by atoms with Crippen LogP contribution in [0.5, 0.6) is 0 Å². The molecule has 0 aromatic rings. The number of nitrogens with zero attached hydrogens (tertiary/aromatic N) is 1. The van der Waals surface area contributed by atoms with Crippen molar-refractivity contribution in [2.24, 2.45) is 11.8 Å². The molecule has 80 valence electrons. The Balaban J connectivity index is 2.55. The van der Waals surface area contributed by atoms with Crippen LogP contribution in [0.3, 0.4) is 0 Å². The predicted molar refractivity (Wildman–Crippen MR) is 51.8 cm³/mol. The van der Waals surface area contributed by atoms with Crippen LogP contribution in [0.15, 0.2) is 0 Å². The monoisotopic (exact) mass is 199 g/mol. The molecule has 0 bridgehead atoms. The Labute approximate surface area is 83.9 Å². The van der Waals surface area contributed by atoms with Crippen molar-refractivity contribution in [3.63, 3.8) is 0 Å². The number of carboxylic acid groups (broad SMARTS) is 1. The van der Waals surface area contributed by atoms with Crippen LogP contribution in [0.4, 0.5) is 0 Å². The first-order valence-electron chi connectivity index (χ1n) is 5.01. The Hall–Kier alpha value is -1.06. The van der Waals surface area contributed by atoms with Crippen LogP contribution in [-0.4, -0.2) is 35.0 Å². The van der Waals surface area contributed by atoms with Gasteiger partial charge in [0.25, 0.3) is 0 Å². The summed E-state index contributed by atoms with van der Waals surface area (Å²) in [5, 5.41) is 8.84. The Morgan fingerprint density at radius 1 is 1.64 bits per heavy atom. The van der Waals surface area contributed by atoms with E-state index in [1.807, 2.05) is 13.8 Å². The highest BCUT2D eigenvalue weighted by molar-refractivity contribution is 5.80. The fraction of sp³-hybridized carbons (Fsp3) is 0.800. The number of hydrogen-bond donors (Lipinski definition) is 1. The van der Waals surface area contributed by atoms with E-state index in [4.69, 9.17) is 5.11 Å². The Morgan fingerprint density at radius 3 is 2.79 bits per heavy atom. The highest BCUT2D eigenvalue weighted by Gasteiger charge is 2.29. The van der Waals surface area contributed by atoms with E-state index in [-0.39, 0.29) is 11.8 Å². The molecule has 0 radical (unpaired) electrons. The molecule has 1 rings (SSSR count). The molecule has 1 heterocycles. The van der Waals surface area contributed by atoms with Gasteiger partial charge in [0, 0.05) is 19.5 Å². The van der Waals surface area contributed by atoms with E-state index in [1.54, 1.807) is 4.90 Å². The molecule has 1 aliphatic rings. The van der Waals surface area contributed by atoms with E-state index in [2.05, 4.69) is 0 Å². The lowest BCUT2D eigenvalue weighted by Crippen LogP contribution is -2.44. The van der Waals surface area contributed by atoms with Gasteiger partial charge in [-0.3, -0.25) is 9.59 Å². The van der Waals surface area contributed by atoms with Gasteiger partial charge in [-0.25, -0.2) is 0 Å². The second-order valence-electron chi connectivity index (χ2n) is 4.27. The molecule has 0 aliphatic carbocycles. The maximum absolute atomic E-state index is 11.4. The summed E-state index contributed by atoms with van der Waals surface area (Å²) in [6.07, 6.45) is 0.868. The molecule has 1 atom stereocenters. The van der Waals surface area contributed by atoms with Gasteiger partial charge in [0.15, 0.2) is 0 Å². The molecular formula is C10H17NO3. The van der Waals surface area contributed by atoms with Gasteiger partial charge in [-0.05, 0) is 12.3 Å². The van der Waals surface area contributed by atoms with Gasteiger partial charge in [-0.2, -0.15) is 0 Å². The maximum Gasteiger partial charge on any atom is 0.308 e. The molecule has 1 aliphatic heterocycles. The van der Waals surface area contributed by atoms with Crippen molar-refractivity contribution in [3.05, 3.63) is 0 Å². The van der Waals surface area contributed by atoms with Crippen molar-refractivity contribution in [2.45, 2.75) is 26.7 Å². The van der Waals surface area contributed by atoms with E-state index in [9.17, 15) is 9.59 Å². The van der Waals surface area contributed by atoms with Gasteiger partial charge in [0.2, 0.25) is 5.91 Å². The number of carbonyl (C=O) groups excluding carboxylic acids is 1. The summed E-state index contributed by atoms with van der Waals surface area (Å²) in [7, 11) is 0. The number of likely N-dealkylation sites (tertiary alicyclic amines) is 1. The van der Waals surface area contributed by atoms with Crippen molar-refractivity contribution in [2.75, 3.05) is 13.1 Å². The Bertz CT molecular complexity index is 238. The fourth-order valence-electron chi connectivity index (χ4n) is 1.73. The van der Waals surface area contributed by atoms with E-state index < -0.39 is 5.97 Å². The van der Waals surface area contributed by atoms with Crippen molar-refractivity contribution in [3.8, 4) is 0 Å². The van der Waals surface area contributed by atoms with Gasteiger partial charge in [0.05, 0.1) is 5.92 Å². The number of carbonyl (C=O) groups is 2. The Morgan fingerprint density at radius 2 is 2.29 bits per heavy atom. The van der Waals surface area contributed by atoms with Gasteiger partial charge < -0.3 is 10.0 Å². The summed E-state index contributed by atoms with van der Waals surface area (Å²) >= 11 is 0. The summed E-state index contributed by atoms with van der Waals surface area (Å²) < 4.78 is 0. The molecule has 1 amide bonds. The van der Waals surface area contributed by atoms with Crippen LogP contribution < -0.4 is 0 Å². The zero-order valence-electron chi connectivity index (χ0n) is 8.69. The number of aliphatic carboxylic acids is 1. The minimum absolute atomic E-state index is 0.0937. The number of rotatable bonds is 3. The number of piperidine rings is 1. The average Bonchev–Trinajstić information content (AvgIpc) is 2.07. The van der Waals surface area contributed by atoms with Crippen LogP contribution in [0, 0.1) is 11.8 Å². The highest BCUT2D eigenvalue weighted by Crippen LogP contribution is 2.18. The van der Waals surface area contributed by atoms with Gasteiger partial charge in [-0.15, -0.1) is 0 Å². The number of hydrogen-bond acceptors (Lipinski definition) is 2. The van der Waals surface area contributed by atoms with Crippen molar-refractivity contribution < 1.29 is 14.7 Å². The van der Waals surface area contributed by atoms with Crippen LogP contribution in [-0.2, 0) is 9.59 Å². The Kier molecular flexibility index (Phi) is 3.49. The highest BCUT2D eigenvalue weighted by atomic mass is 16.4. The summed E-state index contributed by atoms with van der Waals surface area (Å²) in [6, 6.07) is 0. The van der Waals surface area contributed by atoms with E-state index in [0.29, 0.717) is 31.8 Å². The predicted octanol–water partition coefficient (Wildman–Crippen LogP) is 0.966. The van der Waals surface area contributed by atoms with Crippen LogP contribution >= 0.6 is 0 Å². The lowest BCUT2D eigenvalue weighted by molar-refractivity contribution is -0.147. The first-order valence-corrected chi connectivity index (χ1v) is 5.01. The van der Waals surface area contributed by atoms with Gasteiger partial charge >= 0.3 is 5.97 Å². The van der Waals surface area contributed by atoms with Crippen molar-refractivity contribution in [1.29, 1.82) is 0 Å². The molecule has 0 spiro atoms. The third-order valence-electron chi connectivity index (χ3n) is 2.43. The van der Waals surface area contributed by atoms with Gasteiger partial charge in [0.1, 0.15) is 0 Å². The molecule has 4 heteroatoms. The van der Waals surface area contributed by atoms with Crippen molar-refractivity contribution in [1.82, 2.24) is 4.90 Å². The quantitative estimate of drug-likeness (QED) is 0.736. The molecule has 0 aromatic heterocycles. The minimum atomic E-state index is -0.786. The molecule has 1 saturated heterocycles. The fourth-order valence-corrected chi connectivity index (χ4v) is 1.73. The zero-order valence-corrected chi connectivity index (χ0v) is 8.69. The molecule has 0 saturated carbocycles. The third-order valence-corrected chi connectivity index (χ3v) is 2.43. The maximum atomic E-state index is 11.4. The van der Waals surface area contributed by atoms with Crippen LogP contribution in [0.2, 0.25) is 0 Å².